The molecule has 4 heteroatoms. The van der Waals surface area contributed by atoms with E-state index in [1.165, 1.54) is 19.9 Å². The van der Waals surface area contributed by atoms with E-state index >= 15 is 0 Å². The third kappa shape index (κ3) is 3.09. The molecule has 0 aliphatic heterocycles. The van der Waals surface area contributed by atoms with Crippen LogP contribution in [0.15, 0.2) is 18.2 Å². The minimum Gasteiger partial charge on any atom is -0.207 e. The molecule has 0 amide bonds. The van der Waals surface area contributed by atoms with E-state index in [4.69, 9.17) is 0 Å². The molecule has 0 bridgehead atoms. The fraction of sp³-hybridized carbons (Fsp3) is 0.294. The summed E-state index contributed by atoms with van der Waals surface area (Å²) in [6.07, 6.45) is 0.436. The van der Waals surface area contributed by atoms with Gasteiger partial charge in [0.05, 0.1) is 0 Å². The van der Waals surface area contributed by atoms with E-state index in [-0.39, 0.29) is 29.5 Å². The summed E-state index contributed by atoms with van der Waals surface area (Å²) in [5.41, 5.74) is 1.24. The Hall–Kier alpha value is -1.84. The average Bonchev–Trinajstić information content (AvgIpc) is 2.44. The molecule has 2 aromatic carbocycles. The quantitative estimate of drug-likeness (QED) is 0.703. The lowest BCUT2D eigenvalue weighted by molar-refractivity contribution is 0.556. The number of hydrogen-bond acceptors (Lipinski definition) is 0. The topological polar surface area (TPSA) is 0 Å². The summed E-state index contributed by atoms with van der Waals surface area (Å²) in [5.74, 6) is -2.19. The van der Waals surface area contributed by atoms with Crippen molar-refractivity contribution >= 4 is 0 Å². The lowest BCUT2D eigenvalue weighted by atomic mass is 9.97. The second kappa shape index (κ2) is 5.88. The molecule has 2 rings (SSSR count). The zero-order valence-electron chi connectivity index (χ0n) is 12.2. The maximum Gasteiger partial charge on any atom is 0.132 e. The van der Waals surface area contributed by atoms with Gasteiger partial charge in [0.2, 0.25) is 0 Å². The standard InChI is InChI=1S/C17H16F4/c1-9-6-16(20)13(8-14(9)18)5-4-12-7-15(19)11(3)17(21)10(12)2/h6-8H,4-5H2,1-3H3. The van der Waals surface area contributed by atoms with E-state index in [9.17, 15) is 17.6 Å². The molecule has 0 heterocycles. The van der Waals surface area contributed by atoms with Gasteiger partial charge in [0, 0.05) is 5.56 Å². The fourth-order valence-electron chi connectivity index (χ4n) is 2.30. The smallest absolute Gasteiger partial charge is 0.132 e. The van der Waals surface area contributed by atoms with Crippen molar-refractivity contribution < 1.29 is 17.6 Å². The summed E-state index contributed by atoms with van der Waals surface area (Å²) in [4.78, 5) is 0. The highest BCUT2D eigenvalue weighted by Crippen LogP contribution is 2.22. The van der Waals surface area contributed by atoms with E-state index in [2.05, 4.69) is 0 Å². The Labute approximate surface area is 121 Å². The summed E-state index contributed by atoms with van der Waals surface area (Å²) < 4.78 is 54.6. The van der Waals surface area contributed by atoms with Crippen molar-refractivity contribution in [3.63, 3.8) is 0 Å². The van der Waals surface area contributed by atoms with Crippen LogP contribution in [0.1, 0.15) is 27.8 Å². The van der Waals surface area contributed by atoms with Gasteiger partial charge >= 0.3 is 0 Å². The van der Waals surface area contributed by atoms with Crippen LogP contribution >= 0.6 is 0 Å². The van der Waals surface area contributed by atoms with Gasteiger partial charge in [0.15, 0.2) is 0 Å². The van der Waals surface area contributed by atoms with Crippen LogP contribution in [0.3, 0.4) is 0 Å². The van der Waals surface area contributed by atoms with Crippen molar-refractivity contribution in [2.45, 2.75) is 33.6 Å². The van der Waals surface area contributed by atoms with Gasteiger partial charge in [-0.25, -0.2) is 17.6 Å². The monoisotopic (exact) mass is 296 g/mol. The number of aryl methyl sites for hydroxylation is 3. The summed E-state index contributed by atoms with van der Waals surface area (Å²) in [7, 11) is 0. The summed E-state index contributed by atoms with van der Waals surface area (Å²) in [6, 6.07) is 3.53. The van der Waals surface area contributed by atoms with Gasteiger partial charge in [0.25, 0.3) is 0 Å². The summed E-state index contributed by atoms with van der Waals surface area (Å²) in [6.45, 7) is 4.41. The van der Waals surface area contributed by atoms with E-state index in [1.807, 2.05) is 0 Å². The Balaban J connectivity index is 2.27. The number of benzene rings is 2. The zero-order valence-corrected chi connectivity index (χ0v) is 12.2. The molecule has 0 atom stereocenters. The van der Waals surface area contributed by atoms with Crippen LogP contribution in [0.5, 0.6) is 0 Å². The predicted molar refractivity (Wildman–Crippen MR) is 74.3 cm³/mol. The van der Waals surface area contributed by atoms with Gasteiger partial charge in [-0.1, -0.05) is 0 Å². The maximum atomic E-state index is 13.8. The van der Waals surface area contributed by atoms with Crippen LogP contribution in [-0.2, 0) is 12.8 Å². The molecule has 0 fully saturated rings. The third-order valence-electron chi connectivity index (χ3n) is 3.79. The molecule has 0 N–H and O–H groups in total. The molecule has 0 unspecified atom stereocenters. The van der Waals surface area contributed by atoms with Gasteiger partial charge in [-0.3, -0.25) is 0 Å². The van der Waals surface area contributed by atoms with Crippen molar-refractivity contribution in [3.05, 3.63) is 69.3 Å². The molecule has 112 valence electrons. The molecular weight excluding hydrogens is 280 g/mol. The molecule has 0 saturated heterocycles. The van der Waals surface area contributed by atoms with Gasteiger partial charge < -0.3 is 0 Å². The molecule has 0 aromatic heterocycles. The molecule has 21 heavy (non-hydrogen) atoms. The summed E-state index contributed by atoms with van der Waals surface area (Å²) >= 11 is 0. The molecule has 0 spiro atoms. The molecule has 0 saturated carbocycles. The van der Waals surface area contributed by atoms with Crippen LogP contribution in [0.2, 0.25) is 0 Å². The molecule has 0 nitrogen and oxygen atoms in total. The second-order valence-electron chi connectivity index (χ2n) is 5.27. The van der Waals surface area contributed by atoms with Crippen LogP contribution in [-0.4, -0.2) is 0 Å². The average molecular weight is 296 g/mol. The lowest BCUT2D eigenvalue weighted by Gasteiger charge is -2.11. The molecule has 0 aliphatic rings. The Morgan fingerprint density at radius 1 is 0.667 bits per heavy atom. The first-order chi connectivity index (χ1) is 9.81. The van der Waals surface area contributed by atoms with Crippen LogP contribution in [0.4, 0.5) is 17.6 Å². The van der Waals surface area contributed by atoms with Gasteiger partial charge in [-0.05, 0) is 74.1 Å². The Morgan fingerprint density at radius 3 is 1.90 bits per heavy atom. The van der Waals surface area contributed by atoms with Crippen LogP contribution in [0, 0.1) is 44.0 Å². The van der Waals surface area contributed by atoms with Crippen molar-refractivity contribution in [2.24, 2.45) is 0 Å². The highest BCUT2D eigenvalue weighted by Gasteiger charge is 2.14. The minimum atomic E-state index is -0.622. The van der Waals surface area contributed by atoms with Crippen LogP contribution < -0.4 is 0 Å². The first kappa shape index (κ1) is 15.5. The van der Waals surface area contributed by atoms with E-state index in [0.717, 1.165) is 12.1 Å². The predicted octanol–water partition coefficient (Wildman–Crippen LogP) is 4.95. The number of halogens is 4. The van der Waals surface area contributed by atoms with Gasteiger partial charge in [0.1, 0.15) is 23.3 Å². The van der Waals surface area contributed by atoms with Gasteiger partial charge in [-0.2, -0.15) is 0 Å². The Morgan fingerprint density at radius 2 is 1.24 bits per heavy atom. The zero-order chi connectivity index (χ0) is 15.7. The molecule has 0 aliphatic carbocycles. The SMILES string of the molecule is Cc1cc(F)c(CCc2cc(F)c(C)c(F)c2C)cc1F. The van der Waals surface area contributed by atoms with Crippen molar-refractivity contribution in [2.75, 3.05) is 0 Å². The normalized spacial score (nSPS) is 11.0. The minimum absolute atomic E-state index is 0.0242. The second-order valence-corrected chi connectivity index (χ2v) is 5.27. The van der Waals surface area contributed by atoms with Crippen molar-refractivity contribution in [1.82, 2.24) is 0 Å². The van der Waals surface area contributed by atoms with Gasteiger partial charge in [-0.15, -0.1) is 0 Å². The maximum absolute atomic E-state index is 13.8. The van der Waals surface area contributed by atoms with E-state index in [1.54, 1.807) is 6.92 Å². The largest absolute Gasteiger partial charge is 0.207 e. The van der Waals surface area contributed by atoms with E-state index in [0.29, 0.717) is 11.1 Å². The first-order valence-corrected chi connectivity index (χ1v) is 6.70. The van der Waals surface area contributed by atoms with Crippen LogP contribution in [0.25, 0.3) is 0 Å². The third-order valence-corrected chi connectivity index (χ3v) is 3.79. The lowest BCUT2D eigenvalue weighted by Crippen LogP contribution is -2.03. The first-order valence-electron chi connectivity index (χ1n) is 6.70. The number of hydrogen-bond donors (Lipinski definition) is 0. The van der Waals surface area contributed by atoms with Crippen molar-refractivity contribution in [3.8, 4) is 0 Å². The Bertz CT molecular complexity index is 690. The van der Waals surface area contributed by atoms with E-state index < -0.39 is 23.3 Å². The Kier molecular flexibility index (Phi) is 4.35. The fourth-order valence-corrected chi connectivity index (χ4v) is 2.30. The highest BCUT2D eigenvalue weighted by molar-refractivity contribution is 5.35. The highest BCUT2D eigenvalue weighted by atomic mass is 19.1. The number of rotatable bonds is 3. The summed E-state index contributed by atoms with van der Waals surface area (Å²) in [5, 5.41) is 0. The molecular formula is C17H16F4. The van der Waals surface area contributed by atoms with Crippen molar-refractivity contribution in [1.29, 1.82) is 0 Å². The molecule has 2 aromatic rings. The molecule has 0 radical (unpaired) electrons.